The molecule has 1 aromatic carbocycles. The number of rotatable bonds is 3. The lowest BCUT2D eigenvalue weighted by molar-refractivity contribution is 0.0687. The van der Waals surface area contributed by atoms with E-state index in [-0.39, 0.29) is 11.3 Å². The third-order valence-electron chi connectivity index (χ3n) is 3.71. The molecule has 2 aromatic heterocycles. The summed E-state index contributed by atoms with van der Waals surface area (Å²) in [5.41, 5.74) is 3.11. The van der Waals surface area contributed by atoms with Crippen LogP contribution in [0.2, 0.25) is 0 Å². The van der Waals surface area contributed by atoms with E-state index in [0.717, 1.165) is 22.6 Å². The van der Waals surface area contributed by atoms with Gasteiger partial charge < -0.3 is 9.84 Å². The molecule has 1 N–H and O–H groups in total. The molecular formula is C18H20N4O3. The third-order valence-corrected chi connectivity index (χ3v) is 3.71. The van der Waals surface area contributed by atoms with Gasteiger partial charge in [0.1, 0.15) is 11.4 Å². The summed E-state index contributed by atoms with van der Waals surface area (Å²) in [6.45, 7) is 9.52. The van der Waals surface area contributed by atoms with Crippen LogP contribution in [-0.4, -0.2) is 36.5 Å². The van der Waals surface area contributed by atoms with Crippen molar-refractivity contribution in [2.75, 3.05) is 0 Å². The van der Waals surface area contributed by atoms with E-state index in [0.29, 0.717) is 11.3 Å². The van der Waals surface area contributed by atoms with E-state index in [1.807, 2.05) is 52.0 Å². The van der Waals surface area contributed by atoms with Crippen molar-refractivity contribution in [1.82, 2.24) is 19.8 Å². The Balaban J connectivity index is 2.08. The highest BCUT2D eigenvalue weighted by Crippen LogP contribution is 2.30. The molecule has 130 valence electrons. The lowest BCUT2D eigenvalue weighted by Crippen LogP contribution is -2.22. The Hall–Kier alpha value is -2.96. The second-order valence-corrected chi connectivity index (χ2v) is 6.87. The number of aromatic carboxylic acids is 1. The van der Waals surface area contributed by atoms with Crippen molar-refractivity contribution in [2.45, 2.75) is 40.2 Å². The van der Waals surface area contributed by atoms with Crippen molar-refractivity contribution in [2.24, 2.45) is 0 Å². The van der Waals surface area contributed by atoms with Crippen LogP contribution in [0.25, 0.3) is 16.8 Å². The monoisotopic (exact) mass is 340 g/mol. The van der Waals surface area contributed by atoms with Crippen molar-refractivity contribution in [3.8, 4) is 16.9 Å². The molecule has 7 nitrogen and oxygen atoms in total. The van der Waals surface area contributed by atoms with E-state index < -0.39 is 5.97 Å². The van der Waals surface area contributed by atoms with Crippen LogP contribution < -0.4 is 4.74 Å². The first-order valence-corrected chi connectivity index (χ1v) is 7.93. The highest BCUT2D eigenvalue weighted by atomic mass is 16.5. The SMILES string of the molecule is Cc1nn2c(C)c(C(=O)O)nnc2c1-c1ccc(OC(C)(C)C)cc1. The van der Waals surface area contributed by atoms with Gasteiger partial charge in [-0.05, 0) is 52.3 Å². The zero-order valence-electron chi connectivity index (χ0n) is 14.9. The molecule has 0 aliphatic carbocycles. The number of ether oxygens (including phenoxy) is 1. The Morgan fingerprint density at radius 2 is 1.76 bits per heavy atom. The van der Waals surface area contributed by atoms with Crippen LogP contribution >= 0.6 is 0 Å². The zero-order chi connectivity index (χ0) is 18.4. The maximum Gasteiger partial charge on any atom is 0.358 e. The number of aromatic nitrogens is 4. The van der Waals surface area contributed by atoms with Crippen LogP contribution in [-0.2, 0) is 0 Å². The van der Waals surface area contributed by atoms with Gasteiger partial charge in [-0.1, -0.05) is 12.1 Å². The first-order valence-electron chi connectivity index (χ1n) is 7.93. The zero-order valence-corrected chi connectivity index (χ0v) is 14.9. The summed E-state index contributed by atoms with van der Waals surface area (Å²) < 4.78 is 7.37. The number of carbonyl (C=O) groups is 1. The molecule has 0 aliphatic heterocycles. The van der Waals surface area contributed by atoms with E-state index >= 15 is 0 Å². The molecular weight excluding hydrogens is 320 g/mol. The van der Waals surface area contributed by atoms with Gasteiger partial charge in [0, 0.05) is 0 Å². The van der Waals surface area contributed by atoms with Crippen LogP contribution in [0.3, 0.4) is 0 Å². The molecule has 0 aliphatic rings. The minimum atomic E-state index is -1.12. The molecule has 2 heterocycles. The fraction of sp³-hybridized carbons (Fsp3) is 0.333. The summed E-state index contributed by atoms with van der Waals surface area (Å²) in [4.78, 5) is 11.2. The summed E-state index contributed by atoms with van der Waals surface area (Å²) in [5.74, 6) is -0.342. The number of aryl methyl sites for hydroxylation is 2. The topological polar surface area (TPSA) is 89.6 Å². The molecule has 0 saturated carbocycles. The first-order chi connectivity index (χ1) is 11.7. The van der Waals surface area contributed by atoms with Crippen LogP contribution in [0.4, 0.5) is 0 Å². The summed E-state index contributed by atoms with van der Waals surface area (Å²) in [6, 6.07) is 7.67. The summed E-state index contributed by atoms with van der Waals surface area (Å²) in [6.07, 6.45) is 0. The number of benzene rings is 1. The molecule has 0 saturated heterocycles. The molecule has 25 heavy (non-hydrogen) atoms. The van der Waals surface area contributed by atoms with Gasteiger partial charge in [0.15, 0.2) is 11.3 Å². The third kappa shape index (κ3) is 3.17. The van der Waals surface area contributed by atoms with E-state index in [1.165, 1.54) is 4.52 Å². The molecule has 0 amide bonds. The lowest BCUT2D eigenvalue weighted by atomic mass is 10.1. The molecule has 3 rings (SSSR count). The van der Waals surface area contributed by atoms with E-state index in [2.05, 4.69) is 15.3 Å². The number of carboxylic acid groups (broad SMARTS) is 1. The summed E-state index contributed by atoms with van der Waals surface area (Å²) >= 11 is 0. The quantitative estimate of drug-likeness (QED) is 0.787. The number of hydrogen-bond donors (Lipinski definition) is 1. The van der Waals surface area contributed by atoms with Crippen LogP contribution in [0.15, 0.2) is 24.3 Å². The molecule has 3 aromatic rings. The second kappa shape index (κ2) is 5.84. The van der Waals surface area contributed by atoms with E-state index in [1.54, 1.807) is 6.92 Å². The second-order valence-electron chi connectivity index (χ2n) is 6.87. The normalized spacial score (nSPS) is 11.7. The summed E-state index contributed by atoms with van der Waals surface area (Å²) in [5, 5.41) is 21.5. The minimum absolute atomic E-state index is 0.101. The molecule has 0 radical (unpaired) electrons. The molecule has 0 spiro atoms. The first kappa shape index (κ1) is 16.9. The van der Waals surface area contributed by atoms with Crippen molar-refractivity contribution >= 4 is 11.6 Å². The molecule has 0 bridgehead atoms. The van der Waals surface area contributed by atoms with E-state index in [4.69, 9.17) is 4.74 Å². The van der Waals surface area contributed by atoms with Gasteiger partial charge in [-0.3, -0.25) is 0 Å². The number of nitrogens with zero attached hydrogens (tertiary/aromatic N) is 4. The molecule has 0 atom stereocenters. The predicted molar refractivity (Wildman–Crippen MR) is 93.0 cm³/mol. The van der Waals surface area contributed by atoms with Gasteiger partial charge in [0.05, 0.1) is 17.0 Å². The summed E-state index contributed by atoms with van der Waals surface area (Å²) in [7, 11) is 0. The number of fused-ring (bicyclic) bond motifs is 1. The van der Waals surface area contributed by atoms with Crippen molar-refractivity contribution in [3.63, 3.8) is 0 Å². The molecule has 0 unspecified atom stereocenters. The van der Waals surface area contributed by atoms with Crippen LogP contribution in [0.1, 0.15) is 42.6 Å². The van der Waals surface area contributed by atoms with Crippen LogP contribution in [0.5, 0.6) is 5.75 Å². The molecule has 0 fully saturated rings. The van der Waals surface area contributed by atoms with Gasteiger partial charge >= 0.3 is 5.97 Å². The average molecular weight is 340 g/mol. The maximum atomic E-state index is 11.2. The highest BCUT2D eigenvalue weighted by Gasteiger charge is 2.20. The predicted octanol–water partition coefficient (Wildman–Crippen LogP) is 3.28. The van der Waals surface area contributed by atoms with Gasteiger partial charge in [-0.25, -0.2) is 9.31 Å². The van der Waals surface area contributed by atoms with Gasteiger partial charge in [-0.2, -0.15) is 5.10 Å². The van der Waals surface area contributed by atoms with E-state index in [9.17, 15) is 9.90 Å². The molecule has 7 heteroatoms. The van der Waals surface area contributed by atoms with Gasteiger partial charge in [0.25, 0.3) is 0 Å². The Morgan fingerprint density at radius 1 is 1.12 bits per heavy atom. The number of carboxylic acids is 1. The fourth-order valence-corrected chi connectivity index (χ4v) is 2.69. The Kier molecular flexibility index (Phi) is 3.94. The Labute approximate surface area is 145 Å². The van der Waals surface area contributed by atoms with Crippen LogP contribution in [0, 0.1) is 13.8 Å². The van der Waals surface area contributed by atoms with Gasteiger partial charge in [0.2, 0.25) is 0 Å². The Bertz CT molecular complexity index is 953. The highest BCUT2D eigenvalue weighted by molar-refractivity contribution is 5.87. The average Bonchev–Trinajstić information content (AvgIpc) is 2.84. The fourth-order valence-electron chi connectivity index (χ4n) is 2.69. The minimum Gasteiger partial charge on any atom is -0.488 e. The number of hydrogen-bond acceptors (Lipinski definition) is 5. The van der Waals surface area contributed by atoms with Crippen molar-refractivity contribution in [1.29, 1.82) is 0 Å². The lowest BCUT2D eigenvalue weighted by Gasteiger charge is -2.21. The van der Waals surface area contributed by atoms with Crippen molar-refractivity contribution in [3.05, 3.63) is 41.3 Å². The smallest absolute Gasteiger partial charge is 0.358 e. The van der Waals surface area contributed by atoms with Gasteiger partial charge in [-0.15, -0.1) is 10.2 Å². The maximum absolute atomic E-state index is 11.2. The standard InChI is InChI=1S/C18H20N4O3/c1-10-14(12-6-8-13(9-7-12)25-18(3,4)5)16-20-19-15(17(23)24)11(2)22(16)21-10/h6-9H,1-5H3,(H,23,24). The largest absolute Gasteiger partial charge is 0.488 e. The van der Waals surface area contributed by atoms with Crippen molar-refractivity contribution < 1.29 is 14.6 Å². The Morgan fingerprint density at radius 3 is 2.32 bits per heavy atom.